The standard InChI is InChI=1S/C18H22O3/c1-12-2-5-14(6-3-12)16(19)8-9-18(20)21-17-11-13-4-7-15(17)10-13/h2-3,5-6,13,15,17H,4,7-11H2,1H3. The molecule has 2 aliphatic rings. The second kappa shape index (κ2) is 6.00. The van der Waals surface area contributed by atoms with Gasteiger partial charge < -0.3 is 4.74 Å². The maximum absolute atomic E-state index is 12.0. The first-order valence-electron chi connectivity index (χ1n) is 7.91. The summed E-state index contributed by atoms with van der Waals surface area (Å²) in [6, 6.07) is 7.47. The van der Waals surface area contributed by atoms with Crippen molar-refractivity contribution in [1.29, 1.82) is 0 Å². The summed E-state index contributed by atoms with van der Waals surface area (Å²) in [4.78, 5) is 23.9. The van der Waals surface area contributed by atoms with E-state index in [4.69, 9.17) is 4.74 Å². The van der Waals surface area contributed by atoms with Crippen LogP contribution < -0.4 is 0 Å². The van der Waals surface area contributed by atoms with Gasteiger partial charge in [0.2, 0.25) is 0 Å². The molecule has 0 aromatic heterocycles. The predicted molar refractivity (Wildman–Crippen MR) is 80.1 cm³/mol. The van der Waals surface area contributed by atoms with Crippen molar-refractivity contribution in [3.63, 3.8) is 0 Å². The van der Waals surface area contributed by atoms with Crippen molar-refractivity contribution in [2.45, 2.75) is 51.6 Å². The number of aryl methyl sites for hydroxylation is 1. The van der Waals surface area contributed by atoms with Gasteiger partial charge in [-0.1, -0.05) is 29.8 Å². The lowest BCUT2D eigenvalue weighted by Gasteiger charge is -2.21. The zero-order chi connectivity index (χ0) is 14.8. The molecule has 0 aliphatic heterocycles. The normalized spacial score (nSPS) is 26.8. The minimum absolute atomic E-state index is 0.0138. The number of hydrogen-bond donors (Lipinski definition) is 0. The van der Waals surface area contributed by atoms with Crippen LogP contribution in [0.25, 0.3) is 0 Å². The van der Waals surface area contributed by atoms with Crippen LogP contribution in [0.5, 0.6) is 0 Å². The molecule has 3 nitrogen and oxygen atoms in total. The van der Waals surface area contributed by atoms with E-state index in [2.05, 4.69) is 0 Å². The molecule has 0 amide bonds. The molecule has 2 bridgehead atoms. The molecule has 3 atom stereocenters. The number of ketones is 1. The summed E-state index contributed by atoms with van der Waals surface area (Å²) in [5.74, 6) is 1.14. The average Bonchev–Trinajstić information content (AvgIpc) is 3.08. The lowest BCUT2D eigenvalue weighted by Crippen LogP contribution is -2.24. The smallest absolute Gasteiger partial charge is 0.306 e. The van der Waals surface area contributed by atoms with Crippen molar-refractivity contribution in [2.24, 2.45) is 11.8 Å². The Kier molecular flexibility index (Phi) is 4.09. The van der Waals surface area contributed by atoms with E-state index in [1.807, 2.05) is 31.2 Å². The van der Waals surface area contributed by atoms with Gasteiger partial charge in [0.1, 0.15) is 6.10 Å². The summed E-state index contributed by atoms with van der Waals surface area (Å²) >= 11 is 0. The van der Waals surface area contributed by atoms with Gasteiger partial charge in [-0.25, -0.2) is 0 Å². The minimum atomic E-state index is -0.215. The zero-order valence-corrected chi connectivity index (χ0v) is 12.5. The fraction of sp³-hybridized carbons (Fsp3) is 0.556. The quantitative estimate of drug-likeness (QED) is 0.612. The van der Waals surface area contributed by atoms with Crippen LogP contribution in [0.2, 0.25) is 0 Å². The largest absolute Gasteiger partial charge is 0.462 e. The summed E-state index contributed by atoms with van der Waals surface area (Å²) in [6.45, 7) is 1.99. The maximum Gasteiger partial charge on any atom is 0.306 e. The van der Waals surface area contributed by atoms with E-state index < -0.39 is 0 Å². The molecule has 2 saturated carbocycles. The SMILES string of the molecule is Cc1ccc(C(=O)CCC(=O)OC2CC3CCC2C3)cc1. The van der Waals surface area contributed by atoms with E-state index in [1.165, 1.54) is 19.3 Å². The van der Waals surface area contributed by atoms with Gasteiger partial charge in [-0.15, -0.1) is 0 Å². The molecule has 21 heavy (non-hydrogen) atoms. The van der Waals surface area contributed by atoms with Gasteiger partial charge in [0.15, 0.2) is 5.78 Å². The summed E-state index contributed by atoms with van der Waals surface area (Å²) in [6.07, 6.45) is 5.30. The average molecular weight is 286 g/mol. The molecule has 0 heterocycles. The molecule has 112 valence electrons. The third-order valence-electron chi connectivity index (χ3n) is 4.89. The Hall–Kier alpha value is -1.64. The summed E-state index contributed by atoms with van der Waals surface area (Å²) in [5.41, 5.74) is 1.80. The second-order valence-corrected chi connectivity index (χ2v) is 6.49. The predicted octanol–water partition coefficient (Wildman–Crippen LogP) is 3.69. The Bertz CT molecular complexity index is 532. The Balaban J connectivity index is 1.45. The number of benzene rings is 1. The number of fused-ring (bicyclic) bond motifs is 2. The summed E-state index contributed by atoms with van der Waals surface area (Å²) < 4.78 is 5.56. The fourth-order valence-electron chi connectivity index (χ4n) is 3.66. The van der Waals surface area contributed by atoms with Crippen LogP contribution in [-0.4, -0.2) is 17.9 Å². The highest BCUT2D eigenvalue weighted by atomic mass is 16.5. The molecule has 1 aromatic carbocycles. The third kappa shape index (κ3) is 3.34. The van der Waals surface area contributed by atoms with Gasteiger partial charge in [0.25, 0.3) is 0 Å². The highest BCUT2D eigenvalue weighted by molar-refractivity contribution is 5.97. The van der Waals surface area contributed by atoms with E-state index in [0.717, 1.165) is 17.9 Å². The first-order chi connectivity index (χ1) is 10.1. The molecule has 1 aromatic rings. The van der Waals surface area contributed by atoms with E-state index >= 15 is 0 Å². The topological polar surface area (TPSA) is 43.4 Å². The van der Waals surface area contributed by atoms with Crippen LogP contribution in [0.4, 0.5) is 0 Å². The Morgan fingerprint density at radius 2 is 1.86 bits per heavy atom. The monoisotopic (exact) mass is 286 g/mol. The molecule has 3 heteroatoms. The third-order valence-corrected chi connectivity index (χ3v) is 4.89. The van der Waals surface area contributed by atoms with Gasteiger partial charge in [-0.05, 0) is 44.4 Å². The molecule has 0 saturated heterocycles. The number of ether oxygens (including phenoxy) is 1. The summed E-state index contributed by atoms with van der Waals surface area (Å²) in [5, 5.41) is 0. The first-order valence-corrected chi connectivity index (χ1v) is 7.91. The molecular weight excluding hydrogens is 264 g/mol. The van der Waals surface area contributed by atoms with Crippen LogP contribution >= 0.6 is 0 Å². The molecule has 3 rings (SSSR count). The number of esters is 1. The van der Waals surface area contributed by atoms with E-state index in [-0.39, 0.29) is 30.7 Å². The molecule has 0 radical (unpaired) electrons. The lowest BCUT2D eigenvalue weighted by molar-refractivity contribution is -0.151. The first kappa shape index (κ1) is 14.3. The van der Waals surface area contributed by atoms with Crippen molar-refractivity contribution in [1.82, 2.24) is 0 Å². The Morgan fingerprint density at radius 3 is 2.48 bits per heavy atom. The van der Waals surface area contributed by atoms with Crippen molar-refractivity contribution in [3.8, 4) is 0 Å². The number of rotatable bonds is 5. The molecule has 0 N–H and O–H groups in total. The molecule has 0 spiro atoms. The molecule has 2 fully saturated rings. The van der Waals surface area contributed by atoms with Gasteiger partial charge in [-0.2, -0.15) is 0 Å². The van der Waals surface area contributed by atoms with Crippen molar-refractivity contribution in [3.05, 3.63) is 35.4 Å². The van der Waals surface area contributed by atoms with Gasteiger partial charge in [0.05, 0.1) is 6.42 Å². The number of hydrogen-bond acceptors (Lipinski definition) is 3. The minimum Gasteiger partial charge on any atom is -0.462 e. The summed E-state index contributed by atoms with van der Waals surface area (Å²) in [7, 11) is 0. The van der Waals surface area contributed by atoms with E-state index in [0.29, 0.717) is 11.5 Å². The van der Waals surface area contributed by atoms with Crippen molar-refractivity contribution >= 4 is 11.8 Å². The van der Waals surface area contributed by atoms with E-state index in [1.54, 1.807) is 0 Å². The van der Waals surface area contributed by atoms with Crippen molar-refractivity contribution < 1.29 is 14.3 Å². The van der Waals surface area contributed by atoms with Crippen LogP contribution in [0.1, 0.15) is 54.4 Å². The van der Waals surface area contributed by atoms with Crippen LogP contribution in [0.3, 0.4) is 0 Å². The maximum atomic E-state index is 12.0. The van der Waals surface area contributed by atoms with Crippen LogP contribution in [0, 0.1) is 18.8 Å². The molecular formula is C18H22O3. The van der Waals surface area contributed by atoms with Crippen LogP contribution in [0.15, 0.2) is 24.3 Å². The Morgan fingerprint density at radius 1 is 1.10 bits per heavy atom. The number of Topliss-reactive ketones (excluding diaryl/α,β-unsaturated/α-hetero) is 1. The second-order valence-electron chi connectivity index (χ2n) is 6.49. The van der Waals surface area contributed by atoms with Gasteiger partial charge >= 0.3 is 5.97 Å². The number of carbonyl (C=O) groups is 2. The number of carbonyl (C=O) groups excluding carboxylic acids is 2. The highest BCUT2D eigenvalue weighted by Crippen LogP contribution is 2.45. The van der Waals surface area contributed by atoms with E-state index in [9.17, 15) is 9.59 Å². The lowest BCUT2D eigenvalue weighted by atomic mass is 9.98. The Labute approximate surface area is 125 Å². The molecule has 3 unspecified atom stereocenters. The fourth-order valence-corrected chi connectivity index (χ4v) is 3.66. The van der Waals surface area contributed by atoms with Crippen LogP contribution in [-0.2, 0) is 9.53 Å². The van der Waals surface area contributed by atoms with Crippen molar-refractivity contribution in [2.75, 3.05) is 0 Å². The molecule has 2 aliphatic carbocycles. The highest BCUT2D eigenvalue weighted by Gasteiger charge is 2.41. The van der Waals surface area contributed by atoms with Gasteiger partial charge in [-0.3, -0.25) is 9.59 Å². The zero-order valence-electron chi connectivity index (χ0n) is 12.5. The van der Waals surface area contributed by atoms with Gasteiger partial charge in [0, 0.05) is 12.0 Å².